The summed E-state index contributed by atoms with van der Waals surface area (Å²) in [6.45, 7) is 1.22. The Bertz CT molecular complexity index is 701. The van der Waals surface area contributed by atoms with E-state index in [4.69, 9.17) is 0 Å². The van der Waals surface area contributed by atoms with E-state index in [-0.39, 0.29) is 11.7 Å². The maximum atomic E-state index is 13.0. The Morgan fingerprint density at radius 2 is 1.96 bits per heavy atom. The number of halogens is 1. The molecule has 5 heteroatoms. The molecule has 1 heterocycles. The summed E-state index contributed by atoms with van der Waals surface area (Å²) in [4.78, 5) is 18.9. The van der Waals surface area contributed by atoms with Crippen LogP contribution in [0.1, 0.15) is 37.1 Å². The third kappa shape index (κ3) is 3.28. The van der Waals surface area contributed by atoms with Crippen LogP contribution in [-0.4, -0.2) is 26.4 Å². The average Bonchev–Trinajstić information content (AvgIpc) is 3.45. The number of nitrogens with zero attached hydrogens (tertiary/aromatic N) is 3. The van der Waals surface area contributed by atoms with Crippen LogP contribution in [0.4, 0.5) is 4.39 Å². The Labute approximate surface area is 134 Å². The van der Waals surface area contributed by atoms with Crippen molar-refractivity contribution in [1.82, 2.24) is 14.5 Å². The molecule has 0 atom stereocenters. The van der Waals surface area contributed by atoms with Gasteiger partial charge >= 0.3 is 0 Å². The van der Waals surface area contributed by atoms with Gasteiger partial charge in [-0.05, 0) is 43.4 Å². The predicted octanol–water partition coefficient (Wildman–Crippen LogP) is 2.97. The maximum absolute atomic E-state index is 13.0. The van der Waals surface area contributed by atoms with Crippen LogP contribution in [0.2, 0.25) is 0 Å². The van der Waals surface area contributed by atoms with Crippen molar-refractivity contribution in [2.24, 2.45) is 5.92 Å². The number of rotatable bonds is 6. The molecular weight excluding hydrogens is 293 g/mol. The van der Waals surface area contributed by atoms with Gasteiger partial charge in [0.1, 0.15) is 11.6 Å². The highest BCUT2D eigenvalue weighted by Gasteiger charge is 2.40. The second-order valence-corrected chi connectivity index (χ2v) is 6.57. The molecule has 1 aromatic carbocycles. The van der Waals surface area contributed by atoms with E-state index >= 15 is 0 Å². The first kappa shape index (κ1) is 14.4. The van der Waals surface area contributed by atoms with Crippen LogP contribution in [0.25, 0.3) is 0 Å². The van der Waals surface area contributed by atoms with Gasteiger partial charge in [-0.1, -0.05) is 12.1 Å². The highest BCUT2D eigenvalue weighted by Crippen LogP contribution is 2.36. The van der Waals surface area contributed by atoms with Gasteiger partial charge in [-0.25, -0.2) is 9.37 Å². The monoisotopic (exact) mass is 313 g/mol. The van der Waals surface area contributed by atoms with Gasteiger partial charge in [-0.15, -0.1) is 0 Å². The number of carbonyl (C=O) groups excluding carboxylic acids is 1. The van der Waals surface area contributed by atoms with Gasteiger partial charge < -0.3 is 9.47 Å². The van der Waals surface area contributed by atoms with Crippen molar-refractivity contribution in [1.29, 1.82) is 0 Å². The molecule has 120 valence electrons. The van der Waals surface area contributed by atoms with Crippen molar-refractivity contribution in [2.45, 2.75) is 44.8 Å². The first-order valence-corrected chi connectivity index (χ1v) is 8.25. The Morgan fingerprint density at radius 3 is 2.61 bits per heavy atom. The minimum absolute atomic E-state index is 0.227. The van der Waals surface area contributed by atoms with Crippen molar-refractivity contribution in [3.63, 3.8) is 0 Å². The second kappa shape index (κ2) is 5.80. The zero-order valence-corrected chi connectivity index (χ0v) is 13.0. The zero-order chi connectivity index (χ0) is 15.8. The average molecular weight is 313 g/mol. The smallest absolute Gasteiger partial charge is 0.226 e. The van der Waals surface area contributed by atoms with E-state index in [1.807, 2.05) is 15.7 Å². The van der Waals surface area contributed by atoms with Crippen LogP contribution in [-0.2, 0) is 17.9 Å². The lowest BCUT2D eigenvalue weighted by Gasteiger charge is -2.22. The third-order valence-corrected chi connectivity index (χ3v) is 4.58. The lowest BCUT2D eigenvalue weighted by atomic mass is 10.2. The Morgan fingerprint density at radius 1 is 1.22 bits per heavy atom. The number of imidazole rings is 1. The van der Waals surface area contributed by atoms with Crippen molar-refractivity contribution in [3.05, 3.63) is 53.9 Å². The summed E-state index contributed by atoms with van der Waals surface area (Å²) >= 11 is 0. The van der Waals surface area contributed by atoms with Crippen LogP contribution in [0.5, 0.6) is 0 Å². The number of amides is 1. The maximum Gasteiger partial charge on any atom is 0.226 e. The molecule has 4 rings (SSSR count). The van der Waals surface area contributed by atoms with E-state index in [0.717, 1.165) is 37.1 Å². The van der Waals surface area contributed by atoms with Crippen molar-refractivity contribution in [2.75, 3.05) is 0 Å². The highest BCUT2D eigenvalue weighted by atomic mass is 19.1. The molecule has 0 saturated heterocycles. The van der Waals surface area contributed by atoms with Crippen molar-refractivity contribution >= 4 is 5.91 Å². The molecule has 0 radical (unpaired) electrons. The zero-order valence-electron chi connectivity index (χ0n) is 13.0. The molecule has 0 unspecified atom stereocenters. The van der Waals surface area contributed by atoms with Crippen LogP contribution < -0.4 is 0 Å². The second-order valence-electron chi connectivity index (χ2n) is 6.57. The molecule has 2 saturated carbocycles. The molecule has 2 aromatic rings. The molecule has 1 amide bonds. The molecule has 2 fully saturated rings. The molecule has 1 aromatic heterocycles. The highest BCUT2D eigenvalue weighted by molar-refractivity contribution is 5.81. The fourth-order valence-corrected chi connectivity index (χ4v) is 2.91. The lowest BCUT2D eigenvalue weighted by Crippen LogP contribution is -2.34. The van der Waals surface area contributed by atoms with E-state index in [1.54, 1.807) is 18.3 Å². The minimum Gasteiger partial charge on any atom is -0.332 e. The molecular formula is C18H20FN3O. The molecule has 2 aliphatic carbocycles. The summed E-state index contributed by atoms with van der Waals surface area (Å²) < 4.78 is 15.1. The summed E-state index contributed by atoms with van der Waals surface area (Å²) in [6.07, 6.45) is 7.98. The molecule has 23 heavy (non-hydrogen) atoms. The normalized spacial score (nSPS) is 17.3. The molecule has 4 nitrogen and oxygen atoms in total. The van der Waals surface area contributed by atoms with Gasteiger partial charge in [0.05, 0.1) is 6.54 Å². The summed E-state index contributed by atoms with van der Waals surface area (Å²) in [5, 5.41) is 0. The van der Waals surface area contributed by atoms with E-state index in [1.165, 1.54) is 12.1 Å². The van der Waals surface area contributed by atoms with Crippen LogP contribution in [0.3, 0.4) is 0 Å². The number of carbonyl (C=O) groups is 1. The van der Waals surface area contributed by atoms with E-state index in [2.05, 4.69) is 4.98 Å². The number of benzene rings is 1. The fraction of sp³-hybridized carbons (Fsp3) is 0.444. The third-order valence-electron chi connectivity index (χ3n) is 4.58. The SMILES string of the molecule is O=C(C1CC1)N(Cc1nccn1Cc1ccc(F)cc1)C1CC1. The summed E-state index contributed by atoms with van der Waals surface area (Å²) in [5.74, 6) is 1.21. The fourth-order valence-electron chi connectivity index (χ4n) is 2.91. The number of aromatic nitrogens is 2. The Balaban J connectivity index is 1.49. The summed E-state index contributed by atoms with van der Waals surface area (Å²) in [7, 11) is 0. The van der Waals surface area contributed by atoms with Crippen LogP contribution in [0.15, 0.2) is 36.7 Å². The lowest BCUT2D eigenvalue weighted by molar-refractivity contribution is -0.133. The van der Waals surface area contributed by atoms with Gasteiger partial charge in [0.15, 0.2) is 0 Å². The van der Waals surface area contributed by atoms with Gasteiger partial charge in [0.25, 0.3) is 0 Å². The van der Waals surface area contributed by atoms with E-state index < -0.39 is 0 Å². The summed E-state index contributed by atoms with van der Waals surface area (Å²) in [5.41, 5.74) is 1.03. The molecule has 0 spiro atoms. The van der Waals surface area contributed by atoms with Crippen LogP contribution >= 0.6 is 0 Å². The van der Waals surface area contributed by atoms with Crippen molar-refractivity contribution < 1.29 is 9.18 Å². The predicted molar refractivity (Wildman–Crippen MR) is 84.0 cm³/mol. The van der Waals surface area contributed by atoms with E-state index in [9.17, 15) is 9.18 Å². The molecule has 2 aliphatic rings. The molecule has 0 bridgehead atoms. The summed E-state index contributed by atoms with van der Waals surface area (Å²) in [6, 6.07) is 6.91. The van der Waals surface area contributed by atoms with Gasteiger partial charge in [0.2, 0.25) is 5.91 Å². The van der Waals surface area contributed by atoms with Gasteiger partial charge in [-0.2, -0.15) is 0 Å². The topological polar surface area (TPSA) is 38.1 Å². The number of hydrogen-bond acceptors (Lipinski definition) is 2. The Kier molecular flexibility index (Phi) is 3.63. The quantitative estimate of drug-likeness (QED) is 0.822. The standard InChI is InChI=1S/C18H20FN3O/c19-15-5-1-13(2-6-15)11-21-10-9-20-17(21)12-22(16-7-8-16)18(23)14-3-4-14/h1-2,5-6,9-10,14,16H,3-4,7-8,11-12H2. The van der Waals surface area contributed by atoms with Gasteiger partial charge in [0, 0.05) is 30.9 Å². The first-order valence-electron chi connectivity index (χ1n) is 8.25. The largest absolute Gasteiger partial charge is 0.332 e. The number of hydrogen-bond donors (Lipinski definition) is 0. The molecule has 0 aliphatic heterocycles. The van der Waals surface area contributed by atoms with Gasteiger partial charge in [-0.3, -0.25) is 4.79 Å². The minimum atomic E-state index is -0.227. The van der Waals surface area contributed by atoms with E-state index in [0.29, 0.717) is 25.0 Å². The Hall–Kier alpha value is -2.17. The van der Waals surface area contributed by atoms with Crippen molar-refractivity contribution in [3.8, 4) is 0 Å². The first-order chi connectivity index (χ1) is 11.2. The van der Waals surface area contributed by atoms with Crippen LogP contribution in [0, 0.1) is 11.7 Å². The molecule has 0 N–H and O–H groups in total.